The average molecular weight is 406 g/mol. The van der Waals surface area contributed by atoms with Crippen LogP contribution in [0.5, 0.6) is 0 Å². The summed E-state index contributed by atoms with van der Waals surface area (Å²) >= 11 is 0. The first kappa shape index (κ1) is 18.1. The lowest BCUT2D eigenvalue weighted by molar-refractivity contribution is 0.0705. The number of hydrogen-bond acceptors (Lipinski definition) is 2. The van der Waals surface area contributed by atoms with Crippen LogP contribution in [-0.2, 0) is 5.54 Å². The van der Waals surface area contributed by atoms with Crippen molar-refractivity contribution in [3.05, 3.63) is 96.1 Å². The van der Waals surface area contributed by atoms with Gasteiger partial charge in [0.2, 0.25) is 0 Å². The molecule has 1 aliphatic heterocycles. The maximum Gasteiger partial charge on any atom is 0.271 e. The molecule has 152 valence electrons. The Hall–Kier alpha value is -3.66. The first-order valence-corrected chi connectivity index (χ1v) is 10.7. The lowest BCUT2D eigenvalue weighted by Gasteiger charge is -2.27. The molecule has 3 heterocycles. The fourth-order valence-corrected chi connectivity index (χ4v) is 4.94. The molecule has 2 aromatic heterocycles. The molecule has 0 atom stereocenters. The van der Waals surface area contributed by atoms with Gasteiger partial charge in [-0.15, -0.1) is 0 Å². The van der Waals surface area contributed by atoms with Crippen LogP contribution in [0.3, 0.4) is 0 Å². The Balaban J connectivity index is 1.61. The number of hydrogen-bond donors (Lipinski definition) is 0. The number of aryl methyl sites for hydroxylation is 1. The van der Waals surface area contributed by atoms with Gasteiger partial charge in [0.25, 0.3) is 5.91 Å². The van der Waals surface area contributed by atoms with Gasteiger partial charge in [0.1, 0.15) is 5.69 Å². The number of benzene rings is 2. The highest BCUT2D eigenvalue weighted by Gasteiger charge is 2.53. The number of carbonyl (C=O) groups is 1. The van der Waals surface area contributed by atoms with Crippen molar-refractivity contribution in [2.75, 3.05) is 7.05 Å². The quantitative estimate of drug-likeness (QED) is 0.436. The van der Waals surface area contributed by atoms with Crippen LogP contribution in [0.1, 0.15) is 34.5 Å². The molecule has 2 aromatic carbocycles. The minimum Gasteiger partial charge on any atom is -0.331 e. The van der Waals surface area contributed by atoms with E-state index in [1.54, 1.807) is 0 Å². The lowest BCUT2D eigenvalue weighted by atomic mass is 9.95. The second-order valence-corrected chi connectivity index (χ2v) is 8.67. The molecule has 1 fully saturated rings. The van der Waals surface area contributed by atoms with E-state index in [0.717, 1.165) is 40.8 Å². The molecular weight excluding hydrogens is 382 g/mol. The van der Waals surface area contributed by atoms with Crippen molar-refractivity contribution in [3.63, 3.8) is 0 Å². The largest absolute Gasteiger partial charge is 0.331 e. The van der Waals surface area contributed by atoms with Gasteiger partial charge in [-0.3, -0.25) is 9.78 Å². The number of carbonyl (C=O) groups excluding carboxylic acids is 1. The molecule has 0 unspecified atom stereocenters. The Morgan fingerprint density at radius 1 is 0.935 bits per heavy atom. The van der Waals surface area contributed by atoms with Crippen molar-refractivity contribution >= 4 is 5.91 Å². The molecule has 31 heavy (non-hydrogen) atoms. The highest BCUT2D eigenvalue weighted by atomic mass is 16.2. The van der Waals surface area contributed by atoms with Crippen LogP contribution in [-0.4, -0.2) is 27.4 Å². The van der Waals surface area contributed by atoms with Gasteiger partial charge in [-0.2, -0.15) is 0 Å². The molecule has 4 nitrogen and oxygen atoms in total. The fourth-order valence-electron chi connectivity index (χ4n) is 4.94. The number of rotatable bonds is 2. The molecular formula is C27H23N3O. The first-order valence-electron chi connectivity index (χ1n) is 10.7. The first-order chi connectivity index (χ1) is 15.1. The Bertz CT molecular complexity index is 1330. The van der Waals surface area contributed by atoms with Gasteiger partial charge in [0.05, 0.1) is 11.2 Å². The maximum absolute atomic E-state index is 13.5. The third-order valence-corrected chi connectivity index (χ3v) is 6.93. The molecule has 0 saturated heterocycles. The highest BCUT2D eigenvalue weighted by molar-refractivity contribution is 5.97. The van der Waals surface area contributed by atoms with Gasteiger partial charge in [0, 0.05) is 42.3 Å². The SMILES string of the molecule is Cc1ccncc1-c1ccc2c(c1)-n1cc(-c3ccccc3)cc1C(=O)N(C)C21CC1. The second kappa shape index (κ2) is 6.42. The Kier molecular flexibility index (Phi) is 3.75. The van der Waals surface area contributed by atoms with Crippen molar-refractivity contribution in [2.24, 2.45) is 0 Å². The van der Waals surface area contributed by atoms with E-state index in [9.17, 15) is 4.79 Å². The molecule has 0 bridgehead atoms. The monoisotopic (exact) mass is 405 g/mol. The predicted molar refractivity (Wildman–Crippen MR) is 122 cm³/mol. The van der Waals surface area contributed by atoms with Crippen LogP contribution in [0.25, 0.3) is 27.9 Å². The smallest absolute Gasteiger partial charge is 0.271 e. The summed E-state index contributed by atoms with van der Waals surface area (Å²) in [7, 11) is 1.95. The van der Waals surface area contributed by atoms with E-state index in [4.69, 9.17) is 0 Å². The van der Waals surface area contributed by atoms with Crippen LogP contribution >= 0.6 is 0 Å². The number of amides is 1. The summed E-state index contributed by atoms with van der Waals surface area (Å²) in [5.41, 5.74) is 8.44. The van der Waals surface area contributed by atoms with Crippen molar-refractivity contribution in [3.8, 4) is 27.9 Å². The van der Waals surface area contributed by atoms with Crippen molar-refractivity contribution in [1.29, 1.82) is 0 Å². The normalized spacial score (nSPS) is 16.1. The van der Waals surface area contributed by atoms with Gasteiger partial charge in [-0.05, 0) is 54.7 Å². The summed E-state index contributed by atoms with van der Waals surface area (Å²) in [6, 6.07) is 20.9. The van der Waals surface area contributed by atoms with Crippen LogP contribution in [0.4, 0.5) is 0 Å². The molecule has 4 aromatic rings. The minimum absolute atomic E-state index is 0.0787. The second-order valence-electron chi connectivity index (χ2n) is 8.67. The van der Waals surface area contributed by atoms with E-state index in [2.05, 4.69) is 53.0 Å². The predicted octanol–water partition coefficient (Wildman–Crippen LogP) is 5.59. The molecule has 1 spiro atoms. The van der Waals surface area contributed by atoms with Crippen LogP contribution < -0.4 is 0 Å². The molecule has 1 saturated carbocycles. The fraction of sp³-hybridized carbons (Fsp3) is 0.185. The zero-order valence-electron chi connectivity index (χ0n) is 17.7. The summed E-state index contributed by atoms with van der Waals surface area (Å²) in [5.74, 6) is 0.0787. The summed E-state index contributed by atoms with van der Waals surface area (Å²) < 4.78 is 2.10. The van der Waals surface area contributed by atoms with Crippen molar-refractivity contribution in [2.45, 2.75) is 25.3 Å². The van der Waals surface area contributed by atoms with Gasteiger partial charge in [-0.25, -0.2) is 0 Å². The number of fused-ring (bicyclic) bond motifs is 4. The van der Waals surface area contributed by atoms with Crippen LogP contribution in [0.15, 0.2) is 79.3 Å². The summed E-state index contributed by atoms with van der Waals surface area (Å²) in [6.45, 7) is 2.11. The van der Waals surface area contributed by atoms with Crippen LogP contribution in [0, 0.1) is 6.92 Å². The summed E-state index contributed by atoms with van der Waals surface area (Å²) in [4.78, 5) is 19.8. The van der Waals surface area contributed by atoms with E-state index >= 15 is 0 Å². The van der Waals surface area contributed by atoms with E-state index < -0.39 is 0 Å². The molecule has 0 N–H and O–H groups in total. The Morgan fingerprint density at radius 2 is 1.74 bits per heavy atom. The molecule has 1 amide bonds. The average Bonchev–Trinajstić information content (AvgIpc) is 3.50. The van der Waals surface area contributed by atoms with Gasteiger partial charge in [0.15, 0.2) is 0 Å². The molecule has 4 heteroatoms. The third kappa shape index (κ3) is 2.61. The number of pyridine rings is 1. The van der Waals surface area contributed by atoms with Crippen molar-refractivity contribution in [1.82, 2.24) is 14.5 Å². The zero-order valence-corrected chi connectivity index (χ0v) is 17.7. The topological polar surface area (TPSA) is 38.1 Å². The van der Waals surface area contributed by atoms with Crippen LogP contribution in [0.2, 0.25) is 0 Å². The van der Waals surface area contributed by atoms with E-state index in [0.29, 0.717) is 5.69 Å². The third-order valence-electron chi connectivity index (χ3n) is 6.93. The minimum atomic E-state index is -0.194. The number of nitrogens with zero attached hydrogens (tertiary/aromatic N) is 3. The maximum atomic E-state index is 13.5. The molecule has 1 aliphatic carbocycles. The molecule has 2 aliphatic rings. The van der Waals surface area contributed by atoms with E-state index in [1.165, 1.54) is 11.1 Å². The van der Waals surface area contributed by atoms with Gasteiger partial charge >= 0.3 is 0 Å². The van der Waals surface area contributed by atoms with E-state index in [-0.39, 0.29) is 11.4 Å². The van der Waals surface area contributed by atoms with Gasteiger partial charge < -0.3 is 9.47 Å². The Morgan fingerprint density at radius 3 is 2.48 bits per heavy atom. The van der Waals surface area contributed by atoms with Gasteiger partial charge in [-0.1, -0.05) is 42.5 Å². The Labute approximate surface area is 181 Å². The number of aromatic nitrogens is 2. The summed E-state index contributed by atoms with van der Waals surface area (Å²) in [5, 5.41) is 0. The summed E-state index contributed by atoms with van der Waals surface area (Å²) in [6.07, 6.45) is 7.86. The molecule has 6 rings (SSSR count). The van der Waals surface area contributed by atoms with E-state index in [1.807, 2.05) is 54.7 Å². The molecule has 0 radical (unpaired) electrons. The van der Waals surface area contributed by atoms with Crippen molar-refractivity contribution < 1.29 is 4.79 Å². The standard InChI is InChI=1S/C27H23N3O/c1-18-10-13-28-16-22(18)20-8-9-23-24(14-20)30-17-21(19-6-4-3-5-7-19)15-25(30)26(31)29(2)27(23)11-12-27/h3-10,13-17H,11-12H2,1-2H3. The highest BCUT2D eigenvalue weighted by Crippen LogP contribution is 2.54. The zero-order chi connectivity index (χ0) is 21.2. The lowest BCUT2D eigenvalue weighted by Crippen LogP contribution is -2.36.